The number of nitrogens with two attached hydrogens (primary N) is 1. The molecule has 1 aromatic carbocycles. The Morgan fingerprint density at radius 3 is 2.60 bits per heavy atom. The fourth-order valence-corrected chi connectivity index (χ4v) is 2.05. The first kappa shape index (κ1) is 10.1. The highest BCUT2D eigenvalue weighted by Gasteiger charge is 2.05. The molecule has 0 fully saturated rings. The molecular formula is C12H12N2S. The average Bonchev–Trinajstić information content (AvgIpc) is 2.30. The first-order valence-corrected chi connectivity index (χ1v) is 5.88. The first-order chi connectivity index (χ1) is 7.31. The third-order valence-electron chi connectivity index (χ3n) is 2.14. The smallest absolute Gasteiger partial charge is 0.0839 e. The minimum atomic E-state index is 0.707. The van der Waals surface area contributed by atoms with Crippen molar-refractivity contribution < 1.29 is 0 Å². The van der Waals surface area contributed by atoms with E-state index in [9.17, 15) is 0 Å². The lowest BCUT2D eigenvalue weighted by Gasteiger charge is -2.06. The molecule has 2 nitrogen and oxygen atoms in total. The lowest BCUT2D eigenvalue weighted by molar-refractivity contribution is 1.25. The van der Waals surface area contributed by atoms with E-state index < -0.39 is 0 Å². The quantitative estimate of drug-likeness (QED) is 0.784. The number of anilines is 1. The lowest BCUT2D eigenvalue weighted by atomic mass is 10.1. The van der Waals surface area contributed by atoms with Crippen LogP contribution in [0, 0.1) is 0 Å². The molecule has 2 rings (SSSR count). The highest BCUT2D eigenvalue weighted by atomic mass is 32.2. The summed E-state index contributed by atoms with van der Waals surface area (Å²) in [5, 5.41) is 0. The van der Waals surface area contributed by atoms with E-state index in [1.165, 1.54) is 0 Å². The Labute approximate surface area is 93.5 Å². The molecule has 1 heterocycles. The zero-order valence-corrected chi connectivity index (χ0v) is 9.29. The first-order valence-electron chi connectivity index (χ1n) is 4.66. The molecule has 0 amide bonds. The van der Waals surface area contributed by atoms with E-state index in [1.807, 2.05) is 30.5 Å². The molecule has 2 aromatic rings. The molecule has 1 aromatic heterocycles. The zero-order chi connectivity index (χ0) is 10.7. The maximum Gasteiger partial charge on any atom is 0.0839 e. The van der Waals surface area contributed by atoms with Crippen LogP contribution in [0.5, 0.6) is 0 Å². The van der Waals surface area contributed by atoms with Gasteiger partial charge in [0.05, 0.1) is 17.6 Å². The molecule has 2 N–H and O–H groups in total. The van der Waals surface area contributed by atoms with Gasteiger partial charge in [0, 0.05) is 10.5 Å². The highest BCUT2D eigenvalue weighted by Crippen LogP contribution is 2.29. The van der Waals surface area contributed by atoms with E-state index in [0.29, 0.717) is 5.69 Å². The van der Waals surface area contributed by atoms with Crippen LogP contribution in [0.25, 0.3) is 11.3 Å². The monoisotopic (exact) mass is 216 g/mol. The summed E-state index contributed by atoms with van der Waals surface area (Å²) < 4.78 is 0. The van der Waals surface area contributed by atoms with Gasteiger partial charge in [0.15, 0.2) is 0 Å². The van der Waals surface area contributed by atoms with E-state index in [1.54, 1.807) is 18.0 Å². The Hall–Kier alpha value is -1.48. The molecule has 0 aliphatic rings. The number of pyridine rings is 1. The van der Waals surface area contributed by atoms with E-state index >= 15 is 0 Å². The van der Waals surface area contributed by atoms with E-state index in [0.717, 1.165) is 16.2 Å². The van der Waals surface area contributed by atoms with Crippen molar-refractivity contribution >= 4 is 17.4 Å². The fraction of sp³-hybridized carbons (Fsp3) is 0.0833. The number of hydrogen-bond acceptors (Lipinski definition) is 3. The summed E-state index contributed by atoms with van der Waals surface area (Å²) in [4.78, 5) is 5.49. The average molecular weight is 216 g/mol. The number of nitrogen functional groups attached to an aromatic ring is 1. The van der Waals surface area contributed by atoms with Gasteiger partial charge in [-0.1, -0.05) is 30.3 Å². The summed E-state index contributed by atoms with van der Waals surface area (Å²) >= 11 is 1.66. The van der Waals surface area contributed by atoms with Gasteiger partial charge in [-0.15, -0.1) is 11.8 Å². The molecule has 3 heteroatoms. The second kappa shape index (κ2) is 4.36. The van der Waals surface area contributed by atoms with Crippen LogP contribution in [-0.4, -0.2) is 11.2 Å². The predicted octanol–water partition coefficient (Wildman–Crippen LogP) is 3.05. The maximum absolute atomic E-state index is 5.71. The van der Waals surface area contributed by atoms with Gasteiger partial charge in [0.25, 0.3) is 0 Å². The fourth-order valence-electron chi connectivity index (χ4n) is 1.43. The Bertz CT molecular complexity index is 454. The van der Waals surface area contributed by atoms with Crippen LogP contribution in [0.1, 0.15) is 0 Å². The molecular weight excluding hydrogens is 204 g/mol. The summed E-state index contributed by atoms with van der Waals surface area (Å²) in [6.45, 7) is 0. The number of thioether (sulfide) groups is 1. The van der Waals surface area contributed by atoms with E-state index in [-0.39, 0.29) is 0 Å². The molecule has 0 saturated heterocycles. The van der Waals surface area contributed by atoms with Gasteiger partial charge in [-0.2, -0.15) is 0 Å². The molecule has 0 spiro atoms. The predicted molar refractivity (Wildman–Crippen MR) is 65.9 cm³/mol. The van der Waals surface area contributed by atoms with Gasteiger partial charge < -0.3 is 5.73 Å². The van der Waals surface area contributed by atoms with Gasteiger partial charge in [-0.25, -0.2) is 0 Å². The Morgan fingerprint density at radius 1 is 1.20 bits per heavy atom. The van der Waals surface area contributed by atoms with Crippen LogP contribution in [0.2, 0.25) is 0 Å². The molecule has 0 bridgehead atoms. The highest BCUT2D eigenvalue weighted by molar-refractivity contribution is 7.98. The van der Waals surface area contributed by atoms with Crippen molar-refractivity contribution in [3.63, 3.8) is 0 Å². The summed E-state index contributed by atoms with van der Waals surface area (Å²) in [6.07, 6.45) is 3.73. The number of nitrogens with zero attached hydrogens (tertiary/aromatic N) is 1. The number of rotatable bonds is 2. The van der Waals surface area contributed by atoms with Crippen LogP contribution < -0.4 is 5.73 Å². The second-order valence-electron chi connectivity index (χ2n) is 3.19. The van der Waals surface area contributed by atoms with Crippen molar-refractivity contribution in [2.24, 2.45) is 0 Å². The van der Waals surface area contributed by atoms with Crippen LogP contribution in [0.3, 0.4) is 0 Å². The van der Waals surface area contributed by atoms with Crippen LogP contribution in [0.15, 0.2) is 47.5 Å². The minimum absolute atomic E-state index is 0.707. The SMILES string of the molecule is CSc1cc(N)cnc1-c1ccccc1. The van der Waals surface area contributed by atoms with Gasteiger partial charge in [-0.05, 0) is 12.3 Å². The standard InChI is InChI=1S/C12H12N2S/c1-15-11-7-10(13)8-14-12(11)9-5-3-2-4-6-9/h2-8H,13H2,1H3. The third-order valence-corrected chi connectivity index (χ3v) is 2.89. The van der Waals surface area contributed by atoms with Crippen molar-refractivity contribution in [1.82, 2.24) is 4.98 Å². The summed E-state index contributed by atoms with van der Waals surface area (Å²) in [5.41, 5.74) is 8.54. The molecule has 0 unspecified atom stereocenters. The molecule has 0 atom stereocenters. The molecule has 76 valence electrons. The van der Waals surface area contributed by atoms with E-state index in [2.05, 4.69) is 17.1 Å². The Balaban J connectivity index is 2.53. The van der Waals surface area contributed by atoms with E-state index in [4.69, 9.17) is 5.73 Å². The minimum Gasteiger partial charge on any atom is -0.397 e. The largest absolute Gasteiger partial charge is 0.397 e. The molecule has 0 aliphatic carbocycles. The van der Waals surface area contributed by atoms with Gasteiger partial charge in [0.1, 0.15) is 0 Å². The maximum atomic E-state index is 5.71. The second-order valence-corrected chi connectivity index (χ2v) is 4.03. The summed E-state index contributed by atoms with van der Waals surface area (Å²) in [6, 6.07) is 12.1. The molecule has 0 saturated carbocycles. The van der Waals surface area contributed by atoms with Crippen LogP contribution in [0.4, 0.5) is 5.69 Å². The molecule has 15 heavy (non-hydrogen) atoms. The molecule has 0 radical (unpaired) electrons. The zero-order valence-electron chi connectivity index (χ0n) is 8.47. The van der Waals surface area contributed by atoms with Crippen molar-refractivity contribution in [2.45, 2.75) is 4.90 Å². The third kappa shape index (κ3) is 2.13. The van der Waals surface area contributed by atoms with Crippen molar-refractivity contribution in [2.75, 3.05) is 12.0 Å². The molecule has 0 aliphatic heterocycles. The van der Waals surface area contributed by atoms with Crippen molar-refractivity contribution in [1.29, 1.82) is 0 Å². The topological polar surface area (TPSA) is 38.9 Å². The Kier molecular flexibility index (Phi) is 2.92. The number of hydrogen-bond donors (Lipinski definition) is 1. The van der Waals surface area contributed by atoms with Crippen molar-refractivity contribution in [3.05, 3.63) is 42.6 Å². The number of benzene rings is 1. The summed E-state index contributed by atoms with van der Waals surface area (Å²) in [7, 11) is 0. The van der Waals surface area contributed by atoms with Gasteiger partial charge >= 0.3 is 0 Å². The lowest BCUT2D eigenvalue weighted by Crippen LogP contribution is -1.91. The number of aromatic nitrogens is 1. The van der Waals surface area contributed by atoms with Gasteiger partial charge in [0.2, 0.25) is 0 Å². The normalized spacial score (nSPS) is 10.2. The summed E-state index contributed by atoms with van der Waals surface area (Å²) in [5.74, 6) is 0. The Morgan fingerprint density at radius 2 is 1.93 bits per heavy atom. The van der Waals surface area contributed by atoms with Crippen molar-refractivity contribution in [3.8, 4) is 11.3 Å². The van der Waals surface area contributed by atoms with Crippen LogP contribution >= 0.6 is 11.8 Å². The van der Waals surface area contributed by atoms with Gasteiger partial charge in [-0.3, -0.25) is 4.98 Å². The van der Waals surface area contributed by atoms with Crippen LogP contribution in [-0.2, 0) is 0 Å².